The zero-order valence-electron chi connectivity index (χ0n) is 19.6. The Hall–Kier alpha value is -2.08. The van der Waals surface area contributed by atoms with E-state index in [9.17, 15) is 0 Å². The lowest BCUT2D eigenvalue weighted by Crippen LogP contribution is -2.59. The number of hydrogen-bond acceptors (Lipinski definition) is 5. The van der Waals surface area contributed by atoms with E-state index in [0.717, 1.165) is 45.9 Å². The molecule has 2 fully saturated rings. The van der Waals surface area contributed by atoms with E-state index < -0.39 is 0 Å². The SMILES string of the molecule is CNCc1cc(C)ccc1N1CCOCC1C1CN(c2ccc(C)cc2)CCCN1C. The Morgan fingerprint density at radius 1 is 0.968 bits per heavy atom. The number of nitrogens with zero attached hydrogens (tertiary/aromatic N) is 3. The van der Waals surface area contributed by atoms with Gasteiger partial charge in [0, 0.05) is 43.6 Å². The fourth-order valence-electron chi connectivity index (χ4n) is 5.11. The van der Waals surface area contributed by atoms with Gasteiger partial charge in [0.05, 0.1) is 19.3 Å². The highest BCUT2D eigenvalue weighted by molar-refractivity contribution is 5.57. The summed E-state index contributed by atoms with van der Waals surface area (Å²) in [5, 5.41) is 3.36. The predicted molar refractivity (Wildman–Crippen MR) is 130 cm³/mol. The molecule has 0 saturated carbocycles. The van der Waals surface area contributed by atoms with Crippen LogP contribution in [0.5, 0.6) is 0 Å². The standard InChI is InChI=1S/C26H38N4O/c1-20-6-9-23(10-7-20)29-13-5-12-28(4)25(18-29)26-19-31-15-14-30(26)24-11-8-21(2)16-22(24)17-27-3/h6-11,16,25-27H,5,12-15,17-19H2,1-4H3. The van der Waals surface area contributed by atoms with Crippen LogP contribution in [0.25, 0.3) is 0 Å². The highest BCUT2D eigenvalue weighted by Crippen LogP contribution is 2.30. The molecule has 0 aromatic heterocycles. The molecule has 0 bridgehead atoms. The fraction of sp³-hybridized carbons (Fsp3) is 0.538. The first kappa shape index (κ1) is 22.1. The van der Waals surface area contributed by atoms with Crippen LogP contribution in [0.15, 0.2) is 42.5 Å². The molecule has 2 saturated heterocycles. The summed E-state index contributed by atoms with van der Waals surface area (Å²) in [6.45, 7) is 11.0. The summed E-state index contributed by atoms with van der Waals surface area (Å²) in [6.07, 6.45) is 1.18. The van der Waals surface area contributed by atoms with E-state index in [0.29, 0.717) is 12.1 Å². The number of hydrogen-bond donors (Lipinski definition) is 1. The highest BCUT2D eigenvalue weighted by Gasteiger charge is 2.36. The molecule has 2 atom stereocenters. The van der Waals surface area contributed by atoms with Crippen molar-refractivity contribution in [1.29, 1.82) is 0 Å². The number of rotatable bonds is 5. The van der Waals surface area contributed by atoms with Crippen molar-refractivity contribution in [2.45, 2.75) is 38.9 Å². The maximum Gasteiger partial charge on any atom is 0.0697 e. The van der Waals surface area contributed by atoms with Gasteiger partial charge in [-0.15, -0.1) is 0 Å². The number of morpholine rings is 1. The third-order valence-corrected chi connectivity index (χ3v) is 6.83. The average molecular weight is 423 g/mol. The molecule has 2 aromatic carbocycles. The van der Waals surface area contributed by atoms with Crippen LogP contribution in [-0.2, 0) is 11.3 Å². The van der Waals surface area contributed by atoms with Crippen molar-refractivity contribution in [3.8, 4) is 0 Å². The molecule has 2 heterocycles. The van der Waals surface area contributed by atoms with Crippen molar-refractivity contribution in [1.82, 2.24) is 10.2 Å². The molecular formula is C26H38N4O. The largest absolute Gasteiger partial charge is 0.377 e. The molecule has 2 aromatic rings. The van der Waals surface area contributed by atoms with Crippen LogP contribution in [0.4, 0.5) is 11.4 Å². The molecule has 0 spiro atoms. The number of benzene rings is 2. The van der Waals surface area contributed by atoms with Crippen LogP contribution < -0.4 is 15.1 Å². The van der Waals surface area contributed by atoms with E-state index in [1.54, 1.807) is 0 Å². The average Bonchev–Trinajstić information content (AvgIpc) is 2.96. The smallest absolute Gasteiger partial charge is 0.0697 e. The Kier molecular flexibility index (Phi) is 7.16. The van der Waals surface area contributed by atoms with Crippen molar-refractivity contribution in [3.63, 3.8) is 0 Å². The zero-order chi connectivity index (χ0) is 21.8. The Balaban J connectivity index is 1.63. The summed E-state index contributed by atoms with van der Waals surface area (Å²) < 4.78 is 6.05. The quantitative estimate of drug-likeness (QED) is 0.798. The first-order valence-electron chi connectivity index (χ1n) is 11.7. The second-order valence-corrected chi connectivity index (χ2v) is 9.18. The predicted octanol–water partition coefficient (Wildman–Crippen LogP) is 3.44. The Bertz CT molecular complexity index is 853. The number of likely N-dealkylation sites (N-methyl/N-ethyl adjacent to an activating group) is 1. The van der Waals surface area contributed by atoms with E-state index in [1.165, 1.54) is 34.5 Å². The van der Waals surface area contributed by atoms with Crippen LogP contribution in [0.3, 0.4) is 0 Å². The molecule has 168 valence electrons. The van der Waals surface area contributed by atoms with Crippen LogP contribution in [0.1, 0.15) is 23.1 Å². The maximum absolute atomic E-state index is 6.05. The molecule has 4 rings (SSSR count). The second kappa shape index (κ2) is 10.0. The molecular weight excluding hydrogens is 384 g/mol. The molecule has 5 nitrogen and oxygen atoms in total. The fourth-order valence-corrected chi connectivity index (χ4v) is 5.11. The molecule has 1 N–H and O–H groups in total. The Labute approximate surface area is 188 Å². The normalized spacial score (nSPS) is 23.1. The van der Waals surface area contributed by atoms with Gasteiger partial charge in [0.2, 0.25) is 0 Å². The minimum Gasteiger partial charge on any atom is -0.377 e. The first-order valence-corrected chi connectivity index (χ1v) is 11.7. The highest BCUT2D eigenvalue weighted by atomic mass is 16.5. The summed E-state index contributed by atoms with van der Waals surface area (Å²) in [6, 6.07) is 16.6. The van der Waals surface area contributed by atoms with Gasteiger partial charge >= 0.3 is 0 Å². The first-order chi connectivity index (χ1) is 15.1. The summed E-state index contributed by atoms with van der Waals surface area (Å²) in [4.78, 5) is 7.76. The minimum absolute atomic E-state index is 0.336. The van der Waals surface area contributed by atoms with Gasteiger partial charge < -0.3 is 19.9 Å². The van der Waals surface area contributed by atoms with E-state index in [4.69, 9.17) is 4.74 Å². The van der Waals surface area contributed by atoms with Crippen molar-refractivity contribution < 1.29 is 4.74 Å². The van der Waals surface area contributed by atoms with E-state index in [-0.39, 0.29) is 0 Å². The monoisotopic (exact) mass is 422 g/mol. The van der Waals surface area contributed by atoms with Gasteiger partial charge in [-0.1, -0.05) is 35.4 Å². The van der Waals surface area contributed by atoms with Gasteiger partial charge in [0.1, 0.15) is 0 Å². The van der Waals surface area contributed by atoms with Gasteiger partial charge in [-0.05, 0) is 64.7 Å². The topological polar surface area (TPSA) is 31.0 Å². The van der Waals surface area contributed by atoms with Crippen molar-refractivity contribution in [2.24, 2.45) is 0 Å². The van der Waals surface area contributed by atoms with Crippen LogP contribution in [0.2, 0.25) is 0 Å². The van der Waals surface area contributed by atoms with Crippen molar-refractivity contribution >= 4 is 11.4 Å². The molecule has 2 unspecified atom stereocenters. The molecule has 2 aliphatic rings. The number of ether oxygens (including phenoxy) is 1. The summed E-state index contributed by atoms with van der Waals surface area (Å²) in [5.74, 6) is 0. The van der Waals surface area contributed by atoms with Gasteiger partial charge in [-0.25, -0.2) is 0 Å². The van der Waals surface area contributed by atoms with Crippen LogP contribution in [0, 0.1) is 13.8 Å². The Morgan fingerprint density at radius 3 is 2.52 bits per heavy atom. The number of nitrogens with one attached hydrogen (secondary N) is 1. The van der Waals surface area contributed by atoms with Gasteiger partial charge in [0.25, 0.3) is 0 Å². The summed E-state index contributed by atoms with van der Waals surface area (Å²) >= 11 is 0. The molecule has 0 radical (unpaired) electrons. The van der Waals surface area contributed by atoms with Gasteiger partial charge in [-0.3, -0.25) is 4.90 Å². The molecule has 31 heavy (non-hydrogen) atoms. The van der Waals surface area contributed by atoms with Crippen molar-refractivity contribution in [2.75, 3.05) is 63.3 Å². The second-order valence-electron chi connectivity index (χ2n) is 9.18. The van der Waals surface area contributed by atoms with Crippen LogP contribution >= 0.6 is 0 Å². The summed E-state index contributed by atoms with van der Waals surface area (Å²) in [7, 11) is 4.32. The molecule has 0 aliphatic carbocycles. The number of aryl methyl sites for hydroxylation is 2. The van der Waals surface area contributed by atoms with Crippen molar-refractivity contribution in [3.05, 3.63) is 59.2 Å². The van der Waals surface area contributed by atoms with E-state index >= 15 is 0 Å². The number of anilines is 2. The van der Waals surface area contributed by atoms with Gasteiger partial charge in [-0.2, -0.15) is 0 Å². The Morgan fingerprint density at radius 2 is 1.74 bits per heavy atom. The third-order valence-electron chi connectivity index (χ3n) is 6.83. The molecule has 2 aliphatic heterocycles. The lowest BCUT2D eigenvalue weighted by molar-refractivity contribution is 0.0628. The minimum atomic E-state index is 0.336. The zero-order valence-corrected chi connectivity index (χ0v) is 19.6. The third kappa shape index (κ3) is 5.05. The summed E-state index contributed by atoms with van der Waals surface area (Å²) in [5.41, 5.74) is 6.70. The maximum atomic E-state index is 6.05. The molecule has 0 amide bonds. The van der Waals surface area contributed by atoms with Crippen LogP contribution in [-0.4, -0.2) is 70.5 Å². The van der Waals surface area contributed by atoms with E-state index in [1.807, 2.05) is 7.05 Å². The lowest BCUT2D eigenvalue weighted by atomic mass is 10.00. The van der Waals surface area contributed by atoms with Gasteiger partial charge in [0.15, 0.2) is 0 Å². The molecule has 5 heteroatoms. The lowest BCUT2D eigenvalue weighted by Gasteiger charge is -2.45. The van der Waals surface area contributed by atoms with E-state index in [2.05, 4.69) is 83.4 Å².